The van der Waals surface area contributed by atoms with Crippen LogP contribution in [-0.4, -0.2) is 41.3 Å². The summed E-state index contributed by atoms with van der Waals surface area (Å²) in [6, 6.07) is 10.5. The highest BCUT2D eigenvalue weighted by atomic mass is 16.5. The quantitative estimate of drug-likeness (QED) is 0.816. The van der Waals surface area contributed by atoms with Crippen molar-refractivity contribution in [3.8, 4) is 0 Å². The van der Waals surface area contributed by atoms with Gasteiger partial charge in [-0.1, -0.05) is 30.3 Å². The first-order chi connectivity index (χ1) is 10.3. The number of aromatic nitrogens is 2. The van der Waals surface area contributed by atoms with Crippen LogP contribution in [0.15, 0.2) is 42.7 Å². The monoisotopic (exact) mass is 285 g/mol. The first kappa shape index (κ1) is 14.3. The Labute approximate surface area is 126 Å². The molecule has 1 aliphatic rings. The van der Waals surface area contributed by atoms with Gasteiger partial charge in [0.2, 0.25) is 0 Å². The largest absolute Gasteiger partial charge is 0.384 e. The molecule has 1 aliphatic heterocycles. The van der Waals surface area contributed by atoms with Gasteiger partial charge in [0.05, 0.1) is 13.2 Å². The van der Waals surface area contributed by atoms with E-state index in [1.807, 2.05) is 6.20 Å². The first-order valence-electron chi connectivity index (χ1n) is 7.60. The van der Waals surface area contributed by atoms with E-state index in [0.29, 0.717) is 5.92 Å². The Morgan fingerprint density at radius 1 is 1.24 bits per heavy atom. The maximum atomic E-state index is 5.26. The number of imidazole rings is 1. The molecule has 4 heteroatoms. The van der Waals surface area contributed by atoms with Crippen molar-refractivity contribution in [3.05, 3.63) is 54.1 Å². The predicted molar refractivity (Wildman–Crippen MR) is 83.0 cm³/mol. The standard InChI is InChI=1S/C17H23N3O/c1-21-14-16-7-9-19(11-16)13-17-18-8-10-20(17)12-15-5-3-2-4-6-15/h2-6,8,10,16H,7,9,11-14H2,1H3/t16-/m0/s1. The smallest absolute Gasteiger partial charge is 0.123 e. The van der Waals surface area contributed by atoms with Gasteiger partial charge >= 0.3 is 0 Å². The Kier molecular flexibility index (Phi) is 4.68. The fourth-order valence-electron chi connectivity index (χ4n) is 3.04. The van der Waals surface area contributed by atoms with Crippen LogP contribution < -0.4 is 0 Å². The minimum absolute atomic E-state index is 0.674. The molecule has 1 fully saturated rings. The Hall–Kier alpha value is -1.65. The van der Waals surface area contributed by atoms with E-state index in [1.54, 1.807) is 7.11 Å². The Morgan fingerprint density at radius 2 is 2.10 bits per heavy atom. The molecule has 1 saturated heterocycles. The molecule has 0 saturated carbocycles. The first-order valence-corrected chi connectivity index (χ1v) is 7.60. The van der Waals surface area contributed by atoms with Crippen LogP contribution in [0, 0.1) is 5.92 Å². The van der Waals surface area contributed by atoms with Crippen LogP contribution in [0.25, 0.3) is 0 Å². The van der Waals surface area contributed by atoms with Crippen molar-refractivity contribution in [2.75, 3.05) is 26.8 Å². The minimum atomic E-state index is 0.674. The normalized spacial score (nSPS) is 19.2. The molecular weight excluding hydrogens is 262 g/mol. The number of ether oxygens (including phenoxy) is 1. The lowest BCUT2D eigenvalue weighted by Crippen LogP contribution is -2.23. The zero-order chi connectivity index (χ0) is 14.5. The summed E-state index contributed by atoms with van der Waals surface area (Å²) >= 11 is 0. The van der Waals surface area contributed by atoms with E-state index >= 15 is 0 Å². The Bertz CT molecular complexity index is 552. The van der Waals surface area contributed by atoms with Crippen molar-refractivity contribution in [2.24, 2.45) is 5.92 Å². The number of likely N-dealkylation sites (tertiary alicyclic amines) is 1. The number of hydrogen-bond acceptors (Lipinski definition) is 3. The zero-order valence-electron chi connectivity index (χ0n) is 12.6. The number of rotatable bonds is 6. The molecule has 112 valence electrons. The summed E-state index contributed by atoms with van der Waals surface area (Å²) in [4.78, 5) is 7.02. The van der Waals surface area contributed by atoms with Crippen LogP contribution in [0.4, 0.5) is 0 Å². The predicted octanol–water partition coefficient (Wildman–Crippen LogP) is 2.40. The summed E-state index contributed by atoms with van der Waals surface area (Å²) in [7, 11) is 1.79. The van der Waals surface area contributed by atoms with E-state index in [1.165, 1.54) is 12.0 Å². The van der Waals surface area contributed by atoms with Crippen molar-refractivity contribution < 1.29 is 4.74 Å². The molecule has 2 heterocycles. The van der Waals surface area contributed by atoms with Gasteiger partial charge in [-0.25, -0.2) is 4.98 Å². The van der Waals surface area contributed by atoms with E-state index in [9.17, 15) is 0 Å². The van der Waals surface area contributed by atoms with Gasteiger partial charge in [-0.05, 0) is 24.4 Å². The molecule has 0 unspecified atom stereocenters. The summed E-state index contributed by atoms with van der Waals surface area (Å²) in [5.41, 5.74) is 1.32. The van der Waals surface area contributed by atoms with Gasteiger partial charge in [0.15, 0.2) is 0 Å². The van der Waals surface area contributed by atoms with Crippen LogP contribution in [0.2, 0.25) is 0 Å². The summed E-state index contributed by atoms with van der Waals surface area (Å²) in [6.45, 7) is 4.96. The lowest BCUT2D eigenvalue weighted by molar-refractivity contribution is 0.152. The summed E-state index contributed by atoms with van der Waals surface area (Å²) in [5, 5.41) is 0. The maximum Gasteiger partial charge on any atom is 0.123 e. The molecule has 1 atom stereocenters. The third-order valence-corrected chi connectivity index (χ3v) is 4.13. The number of hydrogen-bond donors (Lipinski definition) is 0. The second-order valence-electron chi connectivity index (χ2n) is 5.80. The molecule has 4 nitrogen and oxygen atoms in total. The maximum absolute atomic E-state index is 5.26. The SMILES string of the molecule is COC[C@H]1CCN(Cc2nccn2Cc2ccccc2)C1. The van der Waals surface area contributed by atoms with Gasteiger partial charge in [-0.3, -0.25) is 4.90 Å². The van der Waals surface area contributed by atoms with E-state index in [2.05, 4.69) is 51.0 Å². The molecule has 0 bridgehead atoms. The van der Waals surface area contributed by atoms with E-state index in [4.69, 9.17) is 4.74 Å². The summed E-state index contributed by atoms with van der Waals surface area (Å²) in [5.74, 6) is 1.82. The van der Waals surface area contributed by atoms with Gasteiger partial charge in [0, 0.05) is 32.6 Å². The minimum Gasteiger partial charge on any atom is -0.384 e. The third-order valence-electron chi connectivity index (χ3n) is 4.13. The molecule has 0 radical (unpaired) electrons. The van der Waals surface area contributed by atoms with Crippen LogP contribution in [0.1, 0.15) is 17.8 Å². The molecule has 0 N–H and O–H groups in total. The second-order valence-corrected chi connectivity index (χ2v) is 5.80. The third kappa shape index (κ3) is 3.71. The molecule has 21 heavy (non-hydrogen) atoms. The van der Waals surface area contributed by atoms with Gasteiger partial charge < -0.3 is 9.30 Å². The highest BCUT2D eigenvalue weighted by molar-refractivity contribution is 5.15. The highest BCUT2D eigenvalue weighted by Crippen LogP contribution is 2.18. The lowest BCUT2D eigenvalue weighted by Gasteiger charge is -2.16. The fraction of sp³-hybridized carbons (Fsp3) is 0.471. The Balaban J connectivity index is 1.61. The van der Waals surface area contributed by atoms with Gasteiger partial charge in [-0.15, -0.1) is 0 Å². The molecule has 1 aromatic carbocycles. The number of methoxy groups -OCH3 is 1. The Morgan fingerprint density at radius 3 is 2.90 bits per heavy atom. The lowest BCUT2D eigenvalue weighted by atomic mass is 10.1. The van der Waals surface area contributed by atoms with Gasteiger partial charge in [0.1, 0.15) is 5.82 Å². The molecule has 2 aromatic rings. The van der Waals surface area contributed by atoms with Crippen LogP contribution in [0.5, 0.6) is 0 Å². The second kappa shape index (κ2) is 6.87. The fourth-order valence-corrected chi connectivity index (χ4v) is 3.04. The number of nitrogens with zero attached hydrogens (tertiary/aromatic N) is 3. The zero-order valence-corrected chi connectivity index (χ0v) is 12.6. The van der Waals surface area contributed by atoms with E-state index in [-0.39, 0.29) is 0 Å². The molecule has 3 rings (SSSR count). The van der Waals surface area contributed by atoms with Crippen LogP contribution in [-0.2, 0) is 17.8 Å². The van der Waals surface area contributed by atoms with Crippen LogP contribution >= 0.6 is 0 Å². The van der Waals surface area contributed by atoms with E-state index in [0.717, 1.165) is 38.6 Å². The highest BCUT2D eigenvalue weighted by Gasteiger charge is 2.23. The van der Waals surface area contributed by atoms with Gasteiger partial charge in [0.25, 0.3) is 0 Å². The molecule has 0 spiro atoms. The molecule has 1 aromatic heterocycles. The topological polar surface area (TPSA) is 30.3 Å². The van der Waals surface area contributed by atoms with Crippen molar-refractivity contribution in [2.45, 2.75) is 19.5 Å². The van der Waals surface area contributed by atoms with Crippen molar-refractivity contribution >= 4 is 0 Å². The summed E-state index contributed by atoms with van der Waals surface area (Å²) < 4.78 is 7.51. The molecule has 0 aliphatic carbocycles. The van der Waals surface area contributed by atoms with Gasteiger partial charge in [-0.2, -0.15) is 0 Å². The van der Waals surface area contributed by atoms with E-state index < -0.39 is 0 Å². The average Bonchev–Trinajstić information content (AvgIpc) is 3.11. The number of benzene rings is 1. The van der Waals surface area contributed by atoms with Crippen molar-refractivity contribution in [1.82, 2.24) is 14.5 Å². The average molecular weight is 285 g/mol. The van der Waals surface area contributed by atoms with Crippen molar-refractivity contribution in [3.63, 3.8) is 0 Å². The molecule has 0 amide bonds. The molecular formula is C17H23N3O. The summed E-state index contributed by atoms with van der Waals surface area (Å²) in [6.07, 6.45) is 5.21. The van der Waals surface area contributed by atoms with Crippen molar-refractivity contribution in [1.29, 1.82) is 0 Å². The van der Waals surface area contributed by atoms with Crippen LogP contribution in [0.3, 0.4) is 0 Å².